The Hall–Kier alpha value is -2.45. The summed E-state index contributed by atoms with van der Waals surface area (Å²) in [6, 6.07) is 8.47. The minimum Gasteiger partial charge on any atom is -0.452 e. The van der Waals surface area contributed by atoms with Crippen LogP contribution in [0.25, 0.3) is 0 Å². The van der Waals surface area contributed by atoms with Gasteiger partial charge in [0.2, 0.25) is 0 Å². The molecule has 9 heteroatoms. The molecule has 0 aliphatic carbocycles. The van der Waals surface area contributed by atoms with Crippen molar-refractivity contribution in [1.29, 1.82) is 0 Å². The van der Waals surface area contributed by atoms with Gasteiger partial charge in [-0.15, -0.1) is 0 Å². The van der Waals surface area contributed by atoms with E-state index in [1.54, 1.807) is 0 Å². The first kappa shape index (κ1) is 18.9. The van der Waals surface area contributed by atoms with E-state index in [4.69, 9.17) is 16.3 Å². The van der Waals surface area contributed by atoms with E-state index in [0.29, 0.717) is 0 Å². The predicted molar refractivity (Wildman–Crippen MR) is 89.9 cm³/mol. The monoisotopic (exact) mass is 385 g/mol. The Labute approximate surface area is 148 Å². The summed E-state index contributed by atoms with van der Waals surface area (Å²) in [6.07, 6.45) is 1.02. The molecule has 25 heavy (non-hydrogen) atoms. The van der Waals surface area contributed by atoms with Gasteiger partial charge in [0.1, 0.15) is 5.82 Å². The number of hydrogen-bond acceptors (Lipinski definition) is 5. The topological polar surface area (TPSA) is 89.5 Å². The molecule has 2 aromatic rings. The van der Waals surface area contributed by atoms with Crippen molar-refractivity contribution >= 4 is 39.0 Å². The van der Waals surface area contributed by atoms with Gasteiger partial charge in [-0.1, -0.05) is 11.6 Å². The Balaban J connectivity index is 2.01. The van der Waals surface area contributed by atoms with E-state index in [1.165, 1.54) is 30.3 Å². The van der Waals surface area contributed by atoms with Crippen molar-refractivity contribution in [1.82, 2.24) is 0 Å². The summed E-state index contributed by atoms with van der Waals surface area (Å²) < 4.78 is 40.6. The quantitative estimate of drug-likeness (QED) is 0.799. The van der Waals surface area contributed by atoms with E-state index < -0.39 is 34.1 Å². The van der Waals surface area contributed by atoms with E-state index in [9.17, 15) is 22.4 Å². The maximum absolute atomic E-state index is 12.8. The number of amides is 1. The SMILES string of the molecule is CS(=O)(=O)c1ccc(Cl)c(NC(=O)COC(=O)c2ccc(F)cc2)c1. The number of rotatable bonds is 5. The summed E-state index contributed by atoms with van der Waals surface area (Å²) >= 11 is 5.91. The molecule has 0 fully saturated rings. The molecule has 0 aliphatic heterocycles. The molecule has 0 spiro atoms. The van der Waals surface area contributed by atoms with Gasteiger partial charge < -0.3 is 10.1 Å². The third kappa shape index (κ3) is 5.27. The highest BCUT2D eigenvalue weighted by Gasteiger charge is 2.14. The van der Waals surface area contributed by atoms with E-state index in [0.717, 1.165) is 18.4 Å². The lowest BCUT2D eigenvalue weighted by molar-refractivity contribution is -0.119. The summed E-state index contributed by atoms with van der Waals surface area (Å²) in [5.74, 6) is -2.01. The normalized spacial score (nSPS) is 11.0. The molecule has 132 valence electrons. The van der Waals surface area contributed by atoms with E-state index in [2.05, 4.69) is 5.32 Å². The van der Waals surface area contributed by atoms with Gasteiger partial charge in [0, 0.05) is 6.26 Å². The average Bonchev–Trinajstić information content (AvgIpc) is 2.54. The number of sulfone groups is 1. The smallest absolute Gasteiger partial charge is 0.338 e. The molecule has 1 amide bonds. The molecule has 0 saturated heterocycles. The van der Waals surface area contributed by atoms with Crippen LogP contribution in [0.2, 0.25) is 5.02 Å². The first-order valence-electron chi connectivity index (χ1n) is 6.89. The maximum Gasteiger partial charge on any atom is 0.338 e. The van der Waals surface area contributed by atoms with Gasteiger partial charge >= 0.3 is 5.97 Å². The molecule has 1 N–H and O–H groups in total. The molecule has 6 nitrogen and oxygen atoms in total. The fraction of sp³-hybridized carbons (Fsp3) is 0.125. The van der Waals surface area contributed by atoms with Crippen LogP contribution in [0.4, 0.5) is 10.1 Å². The van der Waals surface area contributed by atoms with Crippen LogP contribution in [0.5, 0.6) is 0 Å². The Kier molecular flexibility index (Phi) is 5.76. The summed E-state index contributed by atoms with van der Waals surface area (Å²) in [4.78, 5) is 23.6. The van der Waals surface area contributed by atoms with Crippen LogP contribution in [0.15, 0.2) is 47.4 Å². The summed E-state index contributed by atoms with van der Waals surface area (Å²) in [5, 5.41) is 2.50. The van der Waals surface area contributed by atoms with Gasteiger partial charge in [-0.25, -0.2) is 17.6 Å². The van der Waals surface area contributed by atoms with Crippen molar-refractivity contribution < 1.29 is 27.1 Å². The van der Waals surface area contributed by atoms with Crippen LogP contribution >= 0.6 is 11.6 Å². The maximum atomic E-state index is 12.8. The second kappa shape index (κ2) is 7.62. The van der Waals surface area contributed by atoms with Crippen LogP contribution < -0.4 is 5.32 Å². The Morgan fingerprint density at radius 1 is 1.16 bits per heavy atom. The molecule has 0 unspecified atom stereocenters. The number of carbonyl (C=O) groups excluding carboxylic acids is 2. The molecular formula is C16H13ClFNO5S. The largest absolute Gasteiger partial charge is 0.452 e. The number of carbonyl (C=O) groups is 2. The highest BCUT2D eigenvalue weighted by molar-refractivity contribution is 7.90. The standard InChI is InChI=1S/C16H13ClFNO5S/c1-25(22,23)12-6-7-13(17)14(8-12)19-15(20)9-24-16(21)10-2-4-11(18)5-3-10/h2-8H,9H2,1H3,(H,19,20). The number of esters is 1. The van der Waals surface area contributed by atoms with Gasteiger partial charge in [-0.2, -0.15) is 0 Å². The number of hydrogen-bond donors (Lipinski definition) is 1. The second-order valence-corrected chi connectivity index (χ2v) is 7.47. The zero-order valence-electron chi connectivity index (χ0n) is 13.0. The van der Waals surface area contributed by atoms with Gasteiger partial charge in [-0.3, -0.25) is 4.79 Å². The van der Waals surface area contributed by atoms with Gasteiger partial charge in [0.05, 0.1) is 21.2 Å². The Morgan fingerprint density at radius 3 is 2.40 bits per heavy atom. The van der Waals surface area contributed by atoms with Gasteiger partial charge in [0.25, 0.3) is 5.91 Å². The second-order valence-electron chi connectivity index (χ2n) is 5.05. The highest BCUT2D eigenvalue weighted by atomic mass is 35.5. The summed E-state index contributed by atoms with van der Waals surface area (Å²) in [6.45, 7) is -0.615. The van der Waals surface area contributed by atoms with Crippen molar-refractivity contribution in [3.8, 4) is 0 Å². The zero-order chi connectivity index (χ0) is 18.6. The fourth-order valence-electron chi connectivity index (χ4n) is 1.82. The van der Waals surface area contributed by atoms with Crippen LogP contribution in [-0.2, 0) is 19.4 Å². The molecule has 0 saturated carbocycles. The number of nitrogens with one attached hydrogen (secondary N) is 1. The van der Waals surface area contributed by atoms with Crippen molar-refractivity contribution in [2.45, 2.75) is 4.90 Å². The first-order chi connectivity index (χ1) is 11.7. The number of anilines is 1. The molecule has 2 rings (SSSR count). The van der Waals surface area contributed by atoms with E-state index in [-0.39, 0.29) is 21.2 Å². The lowest BCUT2D eigenvalue weighted by Crippen LogP contribution is -2.21. The number of halogens is 2. The van der Waals surface area contributed by atoms with Crippen molar-refractivity contribution in [2.24, 2.45) is 0 Å². The summed E-state index contributed by atoms with van der Waals surface area (Å²) in [5.41, 5.74) is 0.165. The molecule has 0 bridgehead atoms. The minimum absolute atomic E-state index is 0.0180. The fourth-order valence-corrected chi connectivity index (χ4v) is 2.63. The van der Waals surface area contributed by atoms with Crippen LogP contribution in [0.1, 0.15) is 10.4 Å². The van der Waals surface area contributed by atoms with Crippen molar-refractivity contribution in [3.05, 3.63) is 58.9 Å². The summed E-state index contributed by atoms with van der Waals surface area (Å²) in [7, 11) is -3.47. The van der Waals surface area contributed by atoms with Gasteiger partial charge in [-0.05, 0) is 42.5 Å². The average molecular weight is 386 g/mol. The van der Waals surface area contributed by atoms with Crippen LogP contribution in [-0.4, -0.2) is 33.2 Å². The van der Waals surface area contributed by atoms with Crippen molar-refractivity contribution in [2.75, 3.05) is 18.2 Å². The molecule has 0 aliphatic rings. The lowest BCUT2D eigenvalue weighted by atomic mass is 10.2. The Morgan fingerprint density at radius 2 is 1.80 bits per heavy atom. The third-order valence-electron chi connectivity index (χ3n) is 3.05. The van der Waals surface area contributed by atoms with Crippen LogP contribution in [0, 0.1) is 5.82 Å². The third-order valence-corrected chi connectivity index (χ3v) is 4.49. The lowest BCUT2D eigenvalue weighted by Gasteiger charge is -2.09. The number of ether oxygens (including phenoxy) is 1. The van der Waals surface area contributed by atoms with Crippen LogP contribution in [0.3, 0.4) is 0 Å². The molecule has 0 aromatic heterocycles. The van der Waals surface area contributed by atoms with E-state index >= 15 is 0 Å². The van der Waals surface area contributed by atoms with Crippen molar-refractivity contribution in [3.63, 3.8) is 0 Å². The molecule has 0 heterocycles. The predicted octanol–water partition coefficient (Wildman–Crippen LogP) is 2.68. The highest BCUT2D eigenvalue weighted by Crippen LogP contribution is 2.25. The molecular weight excluding hydrogens is 373 g/mol. The molecule has 2 aromatic carbocycles. The minimum atomic E-state index is -3.47. The molecule has 0 radical (unpaired) electrons. The Bertz CT molecular complexity index is 913. The van der Waals surface area contributed by atoms with Gasteiger partial charge in [0.15, 0.2) is 16.4 Å². The molecule has 0 atom stereocenters. The zero-order valence-corrected chi connectivity index (χ0v) is 14.5. The van der Waals surface area contributed by atoms with E-state index in [1.807, 2.05) is 0 Å². The number of benzene rings is 2. The first-order valence-corrected chi connectivity index (χ1v) is 9.16.